The molecular weight excluding hydrogens is 454 g/mol. The zero-order valence-corrected chi connectivity index (χ0v) is 21.7. The van der Waals surface area contributed by atoms with Crippen LogP contribution in [0, 0.1) is 5.92 Å². The van der Waals surface area contributed by atoms with Crippen molar-refractivity contribution in [2.45, 2.75) is 25.8 Å². The fourth-order valence-corrected chi connectivity index (χ4v) is 5.90. The summed E-state index contributed by atoms with van der Waals surface area (Å²) in [7, 11) is 3.32. The van der Waals surface area contributed by atoms with Crippen LogP contribution in [0.15, 0.2) is 36.5 Å². The van der Waals surface area contributed by atoms with Gasteiger partial charge in [-0.25, -0.2) is 4.98 Å². The Balaban J connectivity index is 1.10. The Hall–Kier alpha value is -2.84. The Morgan fingerprint density at radius 1 is 0.972 bits per heavy atom. The average molecular weight is 494 g/mol. The number of fused-ring (bicyclic) bond motifs is 1. The molecule has 1 amide bonds. The van der Waals surface area contributed by atoms with E-state index in [0.717, 1.165) is 81.7 Å². The number of likely N-dealkylation sites (tertiary alicyclic amines) is 1. The lowest BCUT2D eigenvalue weighted by Crippen LogP contribution is -2.51. The second kappa shape index (κ2) is 11.5. The lowest BCUT2D eigenvalue weighted by atomic mass is 9.96. The third-order valence-electron chi connectivity index (χ3n) is 7.89. The average Bonchev–Trinajstić information content (AvgIpc) is 2.93. The molecule has 5 rings (SSSR count). The maximum atomic E-state index is 13.2. The number of piperidine rings is 1. The van der Waals surface area contributed by atoms with E-state index in [9.17, 15) is 4.79 Å². The van der Waals surface area contributed by atoms with Crippen LogP contribution in [0.2, 0.25) is 0 Å². The second-order valence-electron chi connectivity index (χ2n) is 10.3. The molecule has 3 aliphatic rings. The number of carbonyl (C=O) groups is 1. The van der Waals surface area contributed by atoms with Crippen LogP contribution in [-0.2, 0) is 17.8 Å². The molecule has 8 heteroatoms. The van der Waals surface area contributed by atoms with Gasteiger partial charge in [-0.05, 0) is 67.1 Å². The van der Waals surface area contributed by atoms with Gasteiger partial charge in [0.25, 0.3) is 0 Å². The molecule has 2 fully saturated rings. The number of amides is 1. The van der Waals surface area contributed by atoms with Crippen molar-refractivity contribution < 1.29 is 14.3 Å². The van der Waals surface area contributed by atoms with Gasteiger partial charge in [0, 0.05) is 58.6 Å². The first-order valence-corrected chi connectivity index (χ1v) is 13.2. The Kier molecular flexibility index (Phi) is 7.92. The molecule has 3 aliphatic heterocycles. The predicted molar refractivity (Wildman–Crippen MR) is 141 cm³/mol. The van der Waals surface area contributed by atoms with Crippen LogP contribution in [0.5, 0.6) is 11.5 Å². The Morgan fingerprint density at radius 3 is 2.47 bits per heavy atom. The number of methoxy groups -OCH3 is 2. The second-order valence-corrected chi connectivity index (χ2v) is 10.3. The van der Waals surface area contributed by atoms with E-state index in [1.807, 2.05) is 23.2 Å². The van der Waals surface area contributed by atoms with E-state index in [4.69, 9.17) is 9.47 Å². The summed E-state index contributed by atoms with van der Waals surface area (Å²) >= 11 is 0. The maximum absolute atomic E-state index is 13.2. The minimum atomic E-state index is 0.236. The highest BCUT2D eigenvalue weighted by Gasteiger charge is 2.28. The summed E-state index contributed by atoms with van der Waals surface area (Å²) in [5, 5.41) is 0. The van der Waals surface area contributed by atoms with E-state index in [1.165, 1.54) is 18.4 Å². The zero-order valence-electron chi connectivity index (χ0n) is 21.7. The number of piperazine rings is 1. The summed E-state index contributed by atoms with van der Waals surface area (Å²) in [6, 6.07) is 10.2. The minimum absolute atomic E-state index is 0.236. The van der Waals surface area contributed by atoms with Crippen LogP contribution in [-0.4, -0.2) is 98.7 Å². The monoisotopic (exact) mass is 493 g/mol. The standard InChI is InChI=1S/C28H39N5O3/c1-35-25-16-23-8-11-33(20-24(23)17-26(25)36-2)28(34)21-31-10-5-6-22(19-31)18-30-12-14-32(15-13-30)27-7-3-4-9-29-27/h3-4,7,9,16-17,22H,5-6,8,10-15,18-21H2,1-2H3. The summed E-state index contributed by atoms with van der Waals surface area (Å²) in [5.74, 6) is 3.43. The number of hydrogen-bond acceptors (Lipinski definition) is 7. The topological polar surface area (TPSA) is 61.4 Å². The highest BCUT2D eigenvalue weighted by atomic mass is 16.5. The molecular formula is C28H39N5O3. The number of aromatic nitrogens is 1. The molecule has 0 radical (unpaired) electrons. The summed E-state index contributed by atoms with van der Waals surface area (Å²) in [6.07, 6.45) is 5.15. The normalized spacial score (nSPS) is 21.2. The quantitative estimate of drug-likeness (QED) is 0.587. The molecule has 1 unspecified atom stereocenters. The number of pyridine rings is 1. The van der Waals surface area contributed by atoms with Crippen molar-refractivity contribution in [2.75, 3.05) is 78.0 Å². The van der Waals surface area contributed by atoms with Crippen LogP contribution >= 0.6 is 0 Å². The van der Waals surface area contributed by atoms with E-state index in [0.29, 0.717) is 19.0 Å². The van der Waals surface area contributed by atoms with Crippen molar-refractivity contribution in [3.05, 3.63) is 47.7 Å². The van der Waals surface area contributed by atoms with Gasteiger partial charge in [0.05, 0.1) is 20.8 Å². The number of nitrogens with zero attached hydrogens (tertiary/aromatic N) is 5. The summed E-state index contributed by atoms with van der Waals surface area (Å²) in [6.45, 7) is 9.29. The molecule has 36 heavy (non-hydrogen) atoms. The van der Waals surface area contributed by atoms with Crippen molar-refractivity contribution in [1.82, 2.24) is 19.7 Å². The zero-order chi connectivity index (χ0) is 24.9. The van der Waals surface area contributed by atoms with Gasteiger partial charge in [-0.3, -0.25) is 14.6 Å². The molecule has 4 heterocycles. The van der Waals surface area contributed by atoms with Gasteiger partial charge in [0.2, 0.25) is 5.91 Å². The Labute approximate surface area is 214 Å². The molecule has 1 aromatic heterocycles. The van der Waals surface area contributed by atoms with Gasteiger partial charge >= 0.3 is 0 Å². The van der Waals surface area contributed by atoms with Gasteiger partial charge < -0.3 is 19.3 Å². The van der Waals surface area contributed by atoms with Crippen LogP contribution < -0.4 is 14.4 Å². The van der Waals surface area contributed by atoms with Crippen LogP contribution in [0.4, 0.5) is 5.82 Å². The number of anilines is 1. The van der Waals surface area contributed by atoms with Gasteiger partial charge in [-0.2, -0.15) is 0 Å². The number of benzene rings is 1. The minimum Gasteiger partial charge on any atom is -0.493 e. The van der Waals surface area contributed by atoms with E-state index in [2.05, 4.69) is 37.9 Å². The molecule has 0 N–H and O–H groups in total. The first-order chi connectivity index (χ1) is 17.6. The van der Waals surface area contributed by atoms with E-state index >= 15 is 0 Å². The molecule has 194 valence electrons. The Morgan fingerprint density at radius 2 is 1.75 bits per heavy atom. The maximum Gasteiger partial charge on any atom is 0.237 e. The highest BCUT2D eigenvalue weighted by Crippen LogP contribution is 2.33. The third kappa shape index (κ3) is 5.76. The highest BCUT2D eigenvalue weighted by molar-refractivity contribution is 5.78. The molecule has 2 saturated heterocycles. The molecule has 1 aromatic carbocycles. The summed E-state index contributed by atoms with van der Waals surface area (Å²) in [4.78, 5) is 27.1. The molecule has 0 bridgehead atoms. The van der Waals surface area contributed by atoms with E-state index < -0.39 is 0 Å². The number of carbonyl (C=O) groups excluding carboxylic acids is 1. The summed E-state index contributed by atoms with van der Waals surface area (Å²) < 4.78 is 10.9. The first kappa shape index (κ1) is 24.8. The molecule has 1 atom stereocenters. The fourth-order valence-electron chi connectivity index (χ4n) is 5.90. The largest absolute Gasteiger partial charge is 0.493 e. The van der Waals surface area contributed by atoms with Crippen LogP contribution in [0.3, 0.4) is 0 Å². The molecule has 2 aromatic rings. The van der Waals surface area contributed by atoms with Gasteiger partial charge in [0.1, 0.15) is 5.82 Å². The fraction of sp³-hybridized carbons (Fsp3) is 0.571. The number of hydrogen-bond donors (Lipinski definition) is 0. The Bertz CT molecular complexity index is 1030. The van der Waals surface area contributed by atoms with Gasteiger partial charge in [0.15, 0.2) is 11.5 Å². The number of rotatable bonds is 7. The van der Waals surface area contributed by atoms with Crippen molar-refractivity contribution in [3.63, 3.8) is 0 Å². The molecule has 0 aliphatic carbocycles. The summed E-state index contributed by atoms with van der Waals surface area (Å²) in [5.41, 5.74) is 2.41. The number of ether oxygens (including phenoxy) is 2. The first-order valence-electron chi connectivity index (χ1n) is 13.2. The van der Waals surface area contributed by atoms with Crippen molar-refractivity contribution in [1.29, 1.82) is 0 Å². The molecule has 0 saturated carbocycles. The third-order valence-corrected chi connectivity index (χ3v) is 7.89. The van der Waals surface area contributed by atoms with Crippen molar-refractivity contribution in [3.8, 4) is 11.5 Å². The van der Waals surface area contributed by atoms with E-state index in [-0.39, 0.29) is 5.91 Å². The smallest absolute Gasteiger partial charge is 0.237 e. The lowest BCUT2D eigenvalue weighted by molar-refractivity contribution is -0.133. The van der Waals surface area contributed by atoms with Crippen molar-refractivity contribution in [2.24, 2.45) is 5.92 Å². The SMILES string of the molecule is COc1cc2c(cc1OC)CN(C(=O)CN1CCCC(CN3CCN(c4ccccn4)CC3)C1)CC2. The van der Waals surface area contributed by atoms with E-state index in [1.54, 1.807) is 14.2 Å². The predicted octanol–water partition coefficient (Wildman–Crippen LogP) is 2.52. The van der Waals surface area contributed by atoms with Crippen LogP contribution in [0.1, 0.15) is 24.0 Å². The molecule has 0 spiro atoms. The van der Waals surface area contributed by atoms with Gasteiger partial charge in [-0.1, -0.05) is 6.07 Å². The van der Waals surface area contributed by atoms with Crippen LogP contribution in [0.25, 0.3) is 0 Å². The van der Waals surface area contributed by atoms with Gasteiger partial charge in [-0.15, -0.1) is 0 Å². The lowest BCUT2D eigenvalue weighted by Gasteiger charge is -2.40. The van der Waals surface area contributed by atoms with Crippen molar-refractivity contribution >= 4 is 11.7 Å². The molecule has 8 nitrogen and oxygen atoms in total.